The Hall–Kier alpha value is -1.42. The molecule has 4 heteroatoms. The van der Waals surface area contributed by atoms with Gasteiger partial charge in [0, 0.05) is 11.3 Å². The van der Waals surface area contributed by atoms with Gasteiger partial charge in [-0.15, -0.1) is 11.3 Å². The van der Waals surface area contributed by atoms with Gasteiger partial charge in [-0.2, -0.15) is 5.10 Å². The number of thiophene rings is 1. The van der Waals surface area contributed by atoms with Crippen molar-refractivity contribution in [3.63, 3.8) is 0 Å². The maximum Gasteiger partial charge on any atom is 0.160 e. The molecule has 1 aliphatic rings. The van der Waals surface area contributed by atoms with Gasteiger partial charge in [0.25, 0.3) is 0 Å². The van der Waals surface area contributed by atoms with Crippen molar-refractivity contribution in [3.05, 3.63) is 28.3 Å². The number of H-pyrrole nitrogens is 1. The number of aryl methyl sites for hydroxylation is 1. The molecule has 0 spiro atoms. The van der Waals surface area contributed by atoms with Crippen LogP contribution in [0.2, 0.25) is 0 Å². The molecule has 19 heavy (non-hydrogen) atoms. The van der Waals surface area contributed by atoms with Gasteiger partial charge in [-0.3, -0.25) is 9.89 Å². The second-order valence-electron chi connectivity index (χ2n) is 5.60. The third-order valence-electron chi connectivity index (χ3n) is 4.10. The molecular weight excluding hydrogens is 256 g/mol. The Kier molecular flexibility index (Phi) is 3.27. The Morgan fingerprint density at radius 2 is 2.32 bits per heavy atom. The van der Waals surface area contributed by atoms with Crippen LogP contribution in [0.3, 0.4) is 0 Å². The monoisotopic (exact) mass is 274 g/mol. The van der Waals surface area contributed by atoms with E-state index in [2.05, 4.69) is 24.0 Å². The molecule has 0 aliphatic heterocycles. The summed E-state index contributed by atoms with van der Waals surface area (Å²) in [4.78, 5) is 12.7. The first-order valence-electron chi connectivity index (χ1n) is 6.80. The number of fused-ring (bicyclic) bond motifs is 1. The zero-order valence-electron chi connectivity index (χ0n) is 11.3. The molecule has 3 nitrogen and oxygen atoms in total. The van der Waals surface area contributed by atoms with Gasteiger partial charge in [-0.25, -0.2) is 0 Å². The van der Waals surface area contributed by atoms with Crippen molar-refractivity contribution >= 4 is 17.6 Å². The van der Waals surface area contributed by atoms with Crippen molar-refractivity contribution in [2.45, 2.75) is 33.1 Å². The number of rotatable bonds is 3. The Balaban J connectivity index is 1.96. The third-order valence-corrected chi connectivity index (χ3v) is 5.12. The maximum absolute atomic E-state index is 10.8. The lowest BCUT2D eigenvalue weighted by atomic mass is 9.80. The van der Waals surface area contributed by atoms with Gasteiger partial charge in [0.1, 0.15) is 5.69 Å². The number of nitrogens with zero attached hydrogens (tertiary/aromatic N) is 1. The van der Waals surface area contributed by atoms with Gasteiger partial charge < -0.3 is 0 Å². The van der Waals surface area contributed by atoms with E-state index in [0.29, 0.717) is 5.92 Å². The first kappa shape index (κ1) is 12.6. The molecule has 0 fully saturated rings. The van der Waals surface area contributed by atoms with Crippen molar-refractivity contribution in [2.24, 2.45) is 11.8 Å². The highest BCUT2D eigenvalue weighted by molar-refractivity contribution is 7.17. The summed E-state index contributed by atoms with van der Waals surface area (Å²) in [6.45, 7) is 4.59. The Bertz CT molecular complexity index is 597. The molecule has 0 saturated heterocycles. The highest BCUT2D eigenvalue weighted by Crippen LogP contribution is 2.36. The third kappa shape index (κ3) is 2.25. The predicted molar refractivity (Wildman–Crippen MR) is 77.6 cm³/mol. The van der Waals surface area contributed by atoms with E-state index in [1.54, 1.807) is 0 Å². The molecule has 0 bridgehead atoms. The summed E-state index contributed by atoms with van der Waals surface area (Å²) >= 11 is 1.52. The summed E-state index contributed by atoms with van der Waals surface area (Å²) < 4.78 is 0. The average Bonchev–Trinajstić information content (AvgIpc) is 3.03. The number of hydrogen-bond donors (Lipinski definition) is 1. The van der Waals surface area contributed by atoms with Crippen LogP contribution in [0.1, 0.15) is 41.2 Å². The van der Waals surface area contributed by atoms with E-state index in [1.807, 2.05) is 12.1 Å². The van der Waals surface area contributed by atoms with E-state index < -0.39 is 0 Å². The van der Waals surface area contributed by atoms with Crippen molar-refractivity contribution < 1.29 is 4.79 Å². The van der Waals surface area contributed by atoms with Gasteiger partial charge in [-0.05, 0) is 43.2 Å². The lowest BCUT2D eigenvalue weighted by Gasteiger charge is -2.25. The molecule has 1 N–H and O–H groups in total. The van der Waals surface area contributed by atoms with Gasteiger partial charge in [0.15, 0.2) is 6.29 Å². The van der Waals surface area contributed by atoms with Crippen LogP contribution >= 0.6 is 11.3 Å². The largest absolute Gasteiger partial charge is 0.297 e. The van der Waals surface area contributed by atoms with Crippen LogP contribution in [0, 0.1) is 11.8 Å². The fraction of sp³-hybridized carbons (Fsp3) is 0.467. The number of carbonyl (C=O) groups excluding carboxylic acids is 1. The molecule has 1 aliphatic carbocycles. The topological polar surface area (TPSA) is 45.8 Å². The minimum Gasteiger partial charge on any atom is -0.297 e. The lowest BCUT2D eigenvalue weighted by Crippen LogP contribution is -2.18. The summed E-state index contributed by atoms with van der Waals surface area (Å²) in [7, 11) is 0. The van der Waals surface area contributed by atoms with E-state index in [9.17, 15) is 4.79 Å². The van der Waals surface area contributed by atoms with Gasteiger partial charge in [0.05, 0.1) is 9.75 Å². The van der Waals surface area contributed by atoms with E-state index >= 15 is 0 Å². The first-order chi connectivity index (χ1) is 9.19. The van der Waals surface area contributed by atoms with E-state index in [1.165, 1.54) is 29.0 Å². The number of nitrogens with one attached hydrogen (secondary N) is 1. The second kappa shape index (κ2) is 4.93. The number of carbonyl (C=O) groups is 1. The molecule has 2 heterocycles. The predicted octanol–water partition coefficient (Wildman–Crippen LogP) is 3.71. The van der Waals surface area contributed by atoms with Crippen LogP contribution in [0.25, 0.3) is 10.6 Å². The molecule has 1 unspecified atom stereocenters. The molecule has 1 atom stereocenters. The molecule has 0 amide bonds. The van der Waals surface area contributed by atoms with Crippen molar-refractivity contribution in [3.8, 4) is 10.6 Å². The highest BCUT2D eigenvalue weighted by atomic mass is 32.1. The number of aromatic nitrogens is 2. The van der Waals surface area contributed by atoms with Gasteiger partial charge >= 0.3 is 0 Å². The molecule has 0 radical (unpaired) electrons. The lowest BCUT2D eigenvalue weighted by molar-refractivity contribution is 0.112. The first-order valence-corrected chi connectivity index (χ1v) is 7.62. The summed E-state index contributed by atoms with van der Waals surface area (Å²) in [5.74, 6) is 1.46. The molecule has 0 aromatic carbocycles. The number of hydrogen-bond acceptors (Lipinski definition) is 3. The zero-order chi connectivity index (χ0) is 13.4. The summed E-state index contributed by atoms with van der Waals surface area (Å²) in [6, 6.07) is 3.88. The molecule has 0 saturated carbocycles. The van der Waals surface area contributed by atoms with Crippen LogP contribution in [-0.2, 0) is 12.8 Å². The van der Waals surface area contributed by atoms with Crippen LogP contribution in [0.15, 0.2) is 12.1 Å². The van der Waals surface area contributed by atoms with Crippen LogP contribution in [-0.4, -0.2) is 16.5 Å². The number of aromatic amines is 1. The molecule has 3 rings (SSSR count). The second-order valence-corrected chi connectivity index (χ2v) is 6.71. The quantitative estimate of drug-likeness (QED) is 0.867. The van der Waals surface area contributed by atoms with E-state index in [-0.39, 0.29) is 0 Å². The van der Waals surface area contributed by atoms with Crippen molar-refractivity contribution in [2.75, 3.05) is 0 Å². The summed E-state index contributed by atoms with van der Waals surface area (Å²) in [5.41, 5.74) is 3.70. The molecule has 100 valence electrons. The van der Waals surface area contributed by atoms with Crippen LogP contribution in [0.5, 0.6) is 0 Å². The van der Waals surface area contributed by atoms with E-state index in [4.69, 9.17) is 0 Å². The Morgan fingerprint density at radius 3 is 3.00 bits per heavy atom. The molecule has 2 aromatic rings. The molecule has 2 aromatic heterocycles. The van der Waals surface area contributed by atoms with Crippen LogP contribution < -0.4 is 0 Å². The molecular formula is C15H18N2OS. The highest BCUT2D eigenvalue weighted by Gasteiger charge is 2.26. The fourth-order valence-electron chi connectivity index (χ4n) is 2.84. The SMILES string of the molecule is CC(C)C1CCc2[nH]nc(-c3ccc(C=O)s3)c2C1. The average molecular weight is 274 g/mol. The normalized spacial score (nSPS) is 18.6. The Labute approximate surface area is 117 Å². The van der Waals surface area contributed by atoms with Gasteiger partial charge in [-0.1, -0.05) is 13.8 Å². The smallest absolute Gasteiger partial charge is 0.160 e. The standard InChI is InChI=1S/C15H18N2OS/c1-9(2)10-3-5-13-12(7-10)15(17-16-13)14-6-4-11(8-18)19-14/h4,6,8-10H,3,5,7H2,1-2H3,(H,16,17). The minimum atomic E-state index is 0.713. The summed E-state index contributed by atoms with van der Waals surface area (Å²) in [6.07, 6.45) is 4.35. The number of aldehydes is 1. The maximum atomic E-state index is 10.8. The minimum absolute atomic E-state index is 0.713. The van der Waals surface area contributed by atoms with Crippen molar-refractivity contribution in [1.29, 1.82) is 0 Å². The van der Waals surface area contributed by atoms with Crippen LogP contribution in [0.4, 0.5) is 0 Å². The fourth-order valence-corrected chi connectivity index (χ4v) is 3.68. The van der Waals surface area contributed by atoms with Gasteiger partial charge in [0.2, 0.25) is 0 Å². The summed E-state index contributed by atoms with van der Waals surface area (Å²) in [5, 5.41) is 7.66. The zero-order valence-corrected chi connectivity index (χ0v) is 12.1. The Morgan fingerprint density at radius 1 is 1.47 bits per heavy atom. The van der Waals surface area contributed by atoms with Crippen molar-refractivity contribution in [1.82, 2.24) is 10.2 Å². The van der Waals surface area contributed by atoms with E-state index in [0.717, 1.165) is 40.5 Å².